The van der Waals surface area contributed by atoms with E-state index in [1.54, 1.807) is 6.92 Å². The van der Waals surface area contributed by atoms with Gasteiger partial charge in [-0.05, 0) is 25.5 Å². The predicted molar refractivity (Wildman–Crippen MR) is 134 cm³/mol. The fraction of sp³-hybridized carbons (Fsp3) is 0.792. The topological polar surface area (TPSA) is 108 Å². The van der Waals surface area contributed by atoms with Gasteiger partial charge in [-0.15, -0.1) is 0 Å². The minimum atomic E-state index is -1.05. The van der Waals surface area contributed by atoms with Gasteiger partial charge in [0.2, 0.25) is 17.7 Å². The summed E-state index contributed by atoms with van der Waals surface area (Å²) in [4.78, 5) is 35.7. The number of carbonyl (C=O) groups is 3. The van der Waals surface area contributed by atoms with Crippen molar-refractivity contribution in [1.29, 1.82) is 0 Å². The number of thiol groups is 1. The number of hydrogen-bond acceptors (Lipinski definition) is 5. The highest BCUT2D eigenvalue weighted by molar-refractivity contribution is 7.80. The monoisotopic (exact) mass is 471 g/mol. The van der Waals surface area contributed by atoms with Gasteiger partial charge in [-0.2, -0.15) is 12.6 Å². The molecule has 0 aromatic carbocycles. The lowest BCUT2D eigenvalue weighted by Gasteiger charge is -2.16. The van der Waals surface area contributed by atoms with E-state index in [1.165, 1.54) is 57.8 Å². The minimum absolute atomic E-state index is 0.214. The number of unbranched alkanes of at least 4 members (excludes halogenated alkanes) is 11. The molecule has 0 bridgehead atoms. The van der Waals surface area contributed by atoms with Gasteiger partial charge in [0.1, 0.15) is 6.04 Å². The summed E-state index contributed by atoms with van der Waals surface area (Å²) in [6, 6.07) is -1.05. The van der Waals surface area contributed by atoms with E-state index in [-0.39, 0.29) is 18.4 Å². The van der Waals surface area contributed by atoms with Crippen molar-refractivity contribution in [2.45, 2.75) is 96.4 Å². The number of nitrogens with one attached hydrogen (secondary N) is 3. The fourth-order valence-electron chi connectivity index (χ4n) is 3.23. The van der Waals surface area contributed by atoms with Crippen molar-refractivity contribution in [3.8, 4) is 0 Å². The first-order valence-corrected chi connectivity index (χ1v) is 12.7. The summed E-state index contributed by atoms with van der Waals surface area (Å²) in [5.74, 6) is -0.194. The van der Waals surface area contributed by atoms with Crippen molar-refractivity contribution in [3.05, 3.63) is 12.2 Å². The van der Waals surface area contributed by atoms with Gasteiger partial charge in [-0.25, -0.2) is 0 Å². The number of carbonyl (C=O) groups excluding carboxylic acids is 3. The Kier molecular flexibility index (Phi) is 20.3. The zero-order chi connectivity index (χ0) is 24.0. The number of aliphatic hydroxyl groups excluding tert-OH is 1. The minimum Gasteiger partial charge on any atom is -0.394 e. The summed E-state index contributed by atoms with van der Waals surface area (Å²) in [5.41, 5.74) is 0.802. The second-order valence-electron chi connectivity index (χ2n) is 8.47. The quantitative estimate of drug-likeness (QED) is 0.101. The normalized spacial score (nSPS) is 11.6. The first-order valence-electron chi connectivity index (χ1n) is 12.1. The SMILES string of the molecule is C=C(C)CNC(=O)CNC(=O)C(CO)NC(=O)CCCCCCCCCCCCCCS. The molecule has 7 nitrogen and oxygen atoms in total. The predicted octanol–water partition coefficient (Wildman–Crippen LogP) is 3.27. The van der Waals surface area contributed by atoms with Crippen LogP contribution in [0, 0.1) is 0 Å². The molecule has 1 atom stereocenters. The molecule has 0 rings (SSSR count). The highest BCUT2D eigenvalue weighted by Crippen LogP contribution is 2.12. The van der Waals surface area contributed by atoms with Crippen molar-refractivity contribution < 1.29 is 19.5 Å². The number of rotatable bonds is 21. The zero-order valence-corrected chi connectivity index (χ0v) is 20.8. The van der Waals surface area contributed by atoms with E-state index in [0.717, 1.165) is 30.6 Å². The first-order chi connectivity index (χ1) is 15.4. The first kappa shape index (κ1) is 30.5. The summed E-state index contributed by atoms with van der Waals surface area (Å²) < 4.78 is 0. The van der Waals surface area contributed by atoms with E-state index in [2.05, 4.69) is 35.2 Å². The van der Waals surface area contributed by atoms with Crippen LogP contribution in [-0.2, 0) is 14.4 Å². The Morgan fingerprint density at radius 2 is 1.28 bits per heavy atom. The molecule has 0 saturated heterocycles. The Hall–Kier alpha value is -1.54. The number of aliphatic hydroxyl groups is 1. The molecule has 0 radical (unpaired) electrons. The Morgan fingerprint density at radius 3 is 1.75 bits per heavy atom. The van der Waals surface area contributed by atoms with Crippen molar-refractivity contribution >= 4 is 30.4 Å². The Labute approximate surface area is 200 Å². The van der Waals surface area contributed by atoms with Crippen LogP contribution < -0.4 is 16.0 Å². The maximum atomic E-state index is 12.1. The van der Waals surface area contributed by atoms with Crippen LogP contribution in [0.3, 0.4) is 0 Å². The van der Waals surface area contributed by atoms with E-state index in [4.69, 9.17) is 0 Å². The average molecular weight is 472 g/mol. The molecule has 8 heteroatoms. The Bertz CT molecular complexity index is 543. The third kappa shape index (κ3) is 19.2. The van der Waals surface area contributed by atoms with Crippen molar-refractivity contribution in [2.24, 2.45) is 0 Å². The van der Waals surface area contributed by atoms with E-state index in [1.807, 2.05) is 0 Å². The highest BCUT2D eigenvalue weighted by atomic mass is 32.1. The van der Waals surface area contributed by atoms with Crippen LogP contribution in [0.15, 0.2) is 12.2 Å². The molecule has 32 heavy (non-hydrogen) atoms. The molecule has 0 aliphatic carbocycles. The molecule has 0 spiro atoms. The second kappa shape index (κ2) is 21.3. The summed E-state index contributed by atoms with van der Waals surface area (Å²) in [5, 5.41) is 16.9. The molecule has 0 aromatic rings. The Morgan fingerprint density at radius 1 is 0.781 bits per heavy atom. The summed E-state index contributed by atoms with van der Waals surface area (Å²) >= 11 is 4.23. The number of amides is 3. The second-order valence-corrected chi connectivity index (χ2v) is 8.92. The van der Waals surface area contributed by atoms with Crippen LogP contribution >= 0.6 is 12.6 Å². The van der Waals surface area contributed by atoms with Crippen molar-refractivity contribution in [2.75, 3.05) is 25.4 Å². The molecule has 3 amide bonds. The standard InChI is InChI=1S/C24H45N3O4S/c1-20(2)17-25-23(30)18-26-24(31)21(19-28)27-22(29)15-13-11-9-7-5-3-4-6-8-10-12-14-16-32/h21,28,32H,1,3-19H2,2H3,(H,25,30)(H,26,31)(H,27,29). The average Bonchev–Trinajstić information content (AvgIpc) is 2.77. The van der Waals surface area contributed by atoms with Crippen LogP contribution in [0.4, 0.5) is 0 Å². The van der Waals surface area contributed by atoms with E-state index in [9.17, 15) is 19.5 Å². The van der Waals surface area contributed by atoms with E-state index in [0.29, 0.717) is 13.0 Å². The van der Waals surface area contributed by atoms with Gasteiger partial charge in [0.05, 0.1) is 13.2 Å². The van der Waals surface area contributed by atoms with Crippen LogP contribution in [0.5, 0.6) is 0 Å². The molecule has 0 heterocycles. The van der Waals surface area contributed by atoms with Gasteiger partial charge < -0.3 is 21.1 Å². The highest BCUT2D eigenvalue weighted by Gasteiger charge is 2.20. The molecule has 0 aliphatic rings. The van der Waals surface area contributed by atoms with Gasteiger partial charge in [-0.3, -0.25) is 14.4 Å². The van der Waals surface area contributed by atoms with Gasteiger partial charge in [-0.1, -0.05) is 76.4 Å². The lowest BCUT2D eigenvalue weighted by atomic mass is 10.0. The van der Waals surface area contributed by atoms with Crippen molar-refractivity contribution in [1.82, 2.24) is 16.0 Å². The lowest BCUT2D eigenvalue weighted by Crippen LogP contribution is -2.50. The molecule has 0 fully saturated rings. The van der Waals surface area contributed by atoms with Crippen molar-refractivity contribution in [3.63, 3.8) is 0 Å². The molecule has 4 N–H and O–H groups in total. The third-order valence-corrected chi connectivity index (χ3v) is 5.47. The molecule has 0 aliphatic heterocycles. The van der Waals surface area contributed by atoms with E-state index < -0.39 is 18.6 Å². The maximum absolute atomic E-state index is 12.1. The molecule has 186 valence electrons. The van der Waals surface area contributed by atoms with Gasteiger partial charge >= 0.3 is 0 Å². The largest absolute Gasteiger partial charge is 0.394 e. The zero-order valence-electron chi connectivity index (χ0n) is 19.9. The molecule has 0 saturated carbocycles. The molecular formula is C24H45N3O4S. The van der Waals surface area contributed by atoms with Gasteiger partial charge in [0.25, 0.3) is 0 Å². The van der Waals surface area contributed by atoms with Crippen LogP contribution in [0.25, 0.3) is 0 Å². The molecular weight excluding hydrogens is 426 g/mol. The van der Waals surface area contributed by atoms with Gasteiger partial charge in [0.15, 0.2) is 0 Å². The lowest BCUT2D eigenvalue weighted by molar-refractivity contribution is -0.131. The fourth-order valence-corrected chi connectivity index (χ4v) is 3.45. The summed E-state index contributed by atoms with van der Waals surface area (Å²) in [7, 11) is 0. The van der Waals surface area contributed by atoms with E-state index >= 15 is 0 Å². The van der Waals surface area contributed by atoms with Crippen LogP contribution in [0.2, 0.25) is 0 Å². The van der Waals surface area contributed by atoms with Crippen LogP contribution in [0.1, 0.15) is 90.4 Å². The Balaban J connectivity index is 3.72. The summed E-state index contributed by atoms with van der Waals surface area (Å²) in [6.07, 6.45) is 14.7. The van der Waals surface area contributed by atoms with Gasteiger partial charge in [0, 0.05) is 13.0 Å². The maximum Gasteiger partial charge on any atom is 0.245 e. The van der Waals surface area contributed by atoms with Crippen LogP contribution in [-0.4, -0.2) is 54.3 Å². The third-order valence-electron chi connectivity index (χ3n) is 5.16. The number of hydrogen-bond donors (Lipinski definition) is 5. The molecule has 1 unspecified atom stereocenters. The smallest absolute Gasteiger partial charge is 0.245 e. The molecule has 0 aromatic heterocycles. The summed E-state index contributed by atoms with van der Waals surface area (Å²) in [6.45, 7) is 5.07.